The number of halogens is 1. The number of hydrogen-bond acceptors (Lipinski definition) is 3. The van der Waals surface area contributed by atoms with Gasteiger partial charge in [0.2, 0.25) is 0 Å². The van der Waals surface area contributed by atoms with E-state index in [0.29, 0.717) is 5.88 Å². The second-order valence-electron chi connectivity index (χ2n) is 5.23. The van der Waals surface area contributed by atoms with Gasteiger partial charge < -0.3 is 4.90 Å². The summed E-state index contributed by atoms with van der Waals surface area (Å²) in [7, 11) is 4.08. The molecule has 3 aromatic rings. The Labute approximate surface area is 140 Å². The average Bonchev–Trinajstić information content (AvgIpc) is 3.00. The first-order chi connectivity index (χ1) is 10.7. The number of aromatic nitrogens is 1. The molecule has 0 fully saturated rings. The zero-order valence-corrected chi connectivity index (χ0v) is 14.2. The van der Waals surface area contributed by atoms with Gasteiger partial charge in [-0.3, -0.25) is 0 Å². The average molecular weight is 329 g/mol. The molecule has 2 nitrogen and oxygen atoms in total. The minimum Gasteiger partial charge on any atom is -0.378 e. The maximum atomic E-state index is 6.11. The largest absolute Gasteiger partial charge is 0.378 e. The smallest absolute Gasteiger partial charge is 0.124 e. The van der Waals surface area contributed by atoms with Crippen LogP contribution in [0.1, 0.15) is 4.88 Å². The molecular weight excluding hydrogens is 312 g/mol. The number of anilines is 1. The van der Waals surface area contributed by atoms with Crippen molar-refractivity contribution in [3.8, 4) is 21.8 Å². The zero-order valence-electron chi connectivity index (χ0n) is 12.6. The van der Waals surface area contributed by atoms with Gasteiger partial charge in [-0.25, -0.2) is 4.98 Å². The Morgan fingerprint density at radius 1 is 0.955 bits per heavy atom. The van der Waals surface area contributed by atoms with Crippen molar-refractivity contribution in [3.63, 3.8) is 0 Å². The molecule has 22 heavy (non-hydrogen) atoms. The molecule has 1 aromatic heterocycles. The number of hydrogen-bond donors (Lipinski definition) is 0. The van der Waals surface area contributed by atoms with Crippen molar-refractivity contribution >= 4 is 28.6 Å². The molecule has 4 heteroatoms. The molecule has 0 amide bonds. The molecule has 0 saturated carbocycles. The maximum Gasteiger partial charge on any atom is 0.124 e. The van der Waals surface area contributed by atoms with Crippen LogP contribution in [0, 0.1) is 0 Å². The lowest BCUT2D eigenvalue weighted by Crippen LogP contribution is -2.07. The van der Waals surface area contributed by atoms with Crippen LogP contribution in [0.25, 0.3) is 21.8 Å². The molecule has 0 spiro atoms. The summed E-state index contributed by atoms with van der Waals surface area (Å²) in [5.74, 6) is 0.484. The fourth-order valence-electron chi connectivity index (χ4n) is 2.29. The highest BCUT2D eigenvalue weighted by molar-refractivity contribution is 7.15. The second kappa shape index (κ2) is 6.51. The van der Waals surface area contributed by atoms with Crippen LogP contribution < -0.4 is 4.90 Å². The maximum absolute atomic E-state index is 6.11. The number of benzene rings is 2. The van der Waals surface area contributed by atoms with E-state index in [1.54, 1.807) is 11.3 Å². The molecule has 0 N–H and O–H groups in total. The monoisotopic (exact) mass is 328 g/mol. The molecular formula is C18H17ClN2S. The van der Waals surface area contributed by atoms with Gasteiger partial charge in [0.05, 0.1) is 11.6 Å². The molecule has 1 heterocycles. The molecule has 2 aromatic carbocycles. The normalized spacial score (nSPS) is 10.7. The van der Waals surface area contributed by atoms with Gasteiger partial charge in [0, 0.05) is 35.8 Å². The summed E-state index contributed by atoms with van der Waals surface area (Å²) in [6, 6.07) is 18.7. The van der Waals surface area contributed by atoms with Crippen LogP contribution in [-0.2, 0) is 5.88 Å². The predicted octanol–water partition coefficient (Wildman–Crippen LogP) is 5.28. The van der Waals surface area contributed by atoms with Crippen LogP contribution in [0.15, 0.2) is 54.6 Å². The zero-order chi connectivity index (χ0) is 15.5. The second-order valence-corrected chi connectivity index (χ2v) is 6.58. The molecule has 112 valence electrons. The Hall–Kier alpha value is -1.84. The summed E-state index contributed by atoms with van der Waals surface area (Å²) < 4.78 is 0. The predicted molar refractivity (Wildman–Crippen MR) is 96.9 cm³/mol. The van der Waals surface area contributed by atoms with Gasteiger partial charge in [0.1, 0.15) is 5.01 Å². The standard InChI is InChI=1S/C18H17ClN2S/c1-21(2)15-10-8-14(9-11-15)18-20-17(16(12-19)22-18)13-6-4-3-5-7-13/h3-11H,12H2,1-2H3. The van der Waals surface area contributed by atoms with E-state index in [0.717, 1.165) is 26.7 Å². The van der Waals surface area contributed by atoms with Gasteiger partial charge in [0.25, 0.3) is 0 Å². The number of alkyl halides is 1. The van der Waals surface area contributed by atoms with Crippen molar-refractivity contribution in [2.24, 2.45) is 0 Å². The highest BCUT2D eigenvalue weighted by Crippen LogP contribution is 2.35. The number of rotatable bonds is 4. The molecule has 0 bridgehead atoms. The molecule has 0 aliphatic rings. The Kier molecular flexibility index (Phi) is 4.46. The van der Waals surface area contributed by atoms with Crippen molar-refractivity contribution in [2.75, 3.05) is 19.0 Å². The van der Waals surface area contributed by atoms with Crippen molar-refractivity contribution in [1.82, 2.24) is 4.98 Å². The van der Waals surface area contributed by atoms with Crippen LogP contribution in [0.5, 0.6) is 0 Å². The van der Waals surface area contributed by atoms with E-state index in [-0.39, 0.29) is 0 Å². The van der Waals surface area contributed by atoms with Gasteiger partial charge >= 0.3 is 0 Å². The van der Waals surface area contributed by atoms with Crippen LogP contribution in [0.4, 0.5) is 5.69 Å². The van der Waals surface area contributed by atoms with E-state index in [4.69, 9.17) is 16.6 Å². The summed E-state index contributed by atoms with van der Waals surface area (Å²) in [6.45, 7) is 0. The first kappa shape index (κ1) is 15.1. The molecule has 0 unspecified atom stereocenters. The van der Waals surface area contributed by atoms with E-state index in [2.05, 4.69) is 41.3 Å². The van der Waals surface area contributed by atoms with E-state index in [1.165, 1.54) is 5.69 Å². The highest BCUT2D eigenvalue weighted by Gasteiger charge is 2.13. The van der Waals surface area contributed by atoms with Gasteiger partial charge in [-0.2, -0.15) is 0 Å². The van der Waals surface area contributed by atoms with Crippen LogP contribution in [0.2, 0.25) is 0 Å². The van der Waals surface area contributed by atoms with Crippen LogP contribution in [-0.4, -0.2) is 19.1 Å². The quantitative estimate of drug-likeness (QED) is 0.605. The molecule has 0 aliphatic carbocycles. The van der Waals surface area contributed by atoms with Gasteiger partial charge in [-0.1, -0.05) is 30.3 Å². The Morgan fingerprint density at radius 2 is 1.64 bits per heavy atom. The SMILES string of the molecule is CN(C)c1ccc(-c2nc(-c3ccccc3)c(CCl)s2)cc1. The Morgan fingerprint density at radius 3 is 2.23 bits per heavy atom. The molecule has 0 radical (unpaired) electrons. The van der Waals surface area contributed by atoms with E-state index >= 15 is 0 Å². The first-order valence-electron chi connectivity index (χ1n) is 7.08. The lowest BCUT2D eigenvalue weighted by Gasteiger charge is -2.11. The number of nitrogens with zero attached hydrogens (tertiary/aromatic N) is 2. The van der Waals surface area contributed by atoms with Gasteiger partial charge in [0.15, 0.2) is 0 Å². The Bertz CT molecular complexity index is 749. The summed E-state index contributed by atoms with van der Waals surface area (Å²) in [5, 5.41) is 1.01. The molecule has 0 saturated heterocycles. The summed E-state index contributed by atoms with van der Waals surface area (Å²) in [4.78, 5) is 8.02. The highest BCUT2D eigenvalue weighted by atomic mass is 35.5. The third-order valence-electron chi connectivity index (χ3n) is 3.50. The lowest BCUT2D eigenvalue weighted by atomic mass is 10.1. The number of thiazole rings is 1. The fraction of sp³-hybridized carbons (Fsp3) is 0.167. The van der Waals surface area contributed by atoms with Crippen molar-refractivity contribution in [2.45, 2.75) is 5.88 Å². The molecule has 0 aliphatic heterocycles. The summed E-state index contributed by atoms with van der Waals surface area (Å²) >= 11 is 7.78. The van der Waals surface area contributed by atoms with E-state index in [9.17, 15) is 0 Å². The topological polar surface area (TPSA) is 16.1 Å². The minimum atomic E-state index is 0.484. The van der Waals surface area contributed by atoms with Crippen molar-refractivity contribution in [1.29, 1.82) is 0 Å². The van der Waals surface area contributed by atoms with E-state index in [1.807, 2.05) is 32.3 Å². The lowest BCUT2D eigenvalue weighted by molar-refractivity contribution is 1.13. The van der Waals surface area contributed by atoms with Gasteiger partial charge in [-0.05, 0) is 24.3 Å². The molecule has 0 atom stereocenters. The third kappa shape index (κ3) is 3.01. The van der Waals surface area contributed by atoms with Gasteiger partial charge in [-0.15, -0.1) is 22.9 Å². The fourth-order valence-corrected chi connectivity index (χ4v) is 3.52. The Balaban J connectivity index is 2.00. The van der Waals surface area contributed by atoms with Crippen molar-refractivity contribution in [3.05, 3.63) is 59.5 Å². The molecule has 3 rings (SSSR count). The van der Waals surface area contributed by atoms with E-state index < -0.39 is 0 Å². The third-order valence-corrected chi connectivity index (χ3v) is 5.03. The summed E-state index contributed by atoms with van der Waals surface area (Å²) in [5.41, 5.74) is 4.42. The first-order valence-corrected chi connectivity index (χ1v) is 8.43. The minimum absolute atomic E-state index is 0.484. The van der Waals surface area contributed by atoms with Crippen LogP contribution >= 0.6 is 22.9 Å². The summed E-state index contributed by atoms with van der Waals surface area (Å²) in [6.07, 6.45) is 0. The van der Waals surface area contributed by atoms with Crippen LogP contribution in [0.3, 0.4) is 0 Å². The van der Waals surface area contributed by atoms with Crippen molar-refractivity contribution < 1.29 is 0 Å².